The molecule has 0 aromatic heterocycles. The smallest absolute Gasteiger partial charge is 0.410 e. The van der Waals surface area contributed by atoms with Crippen molar-refractivity contribution >= 4 is 6.09 Å². The molecular weight excluding hydrogens is 314 g/mol. The van der Waals surface area contributed by atoms with E-state index in [0.717, 1.165) is 37.7 Å². The average molecular weight is 345 g/mol. The number of nitrogens with zero attached hydrogens (tertiary/aromatic N) is 1. The normalized spacial score (nSPS) is 28.9. The highest BCUT2D eigenvalue weighted by Gasteiger charge is 2.47. The van der Waals surface area contributed by atoms with Crippen LogP contribution in [0.15, 0.2) is 30.3 Å². The summed E-state index contributed by atoms with van der Waals surface area (Å²) >= 11 is 0. The fourth-order valence-corrected chi connectivity index (χ4v) is 4.38. The van der Waals surface area contributed by atoms with Gasteiger partial charge in [0, 0.05) is 12.1 Å². The molecule has 25 heavy (non-hydrogen) atoms. The molecule has 2 aliphatic rings. The Morgan fingerprint density at radius 3 is 2.48 bits per heavy atom. The Labute approximate surface area is 151 Å². The van der Waals surface area contributed by atoms with Gasteiger partial charge in [0.25, 0.3) is 0 Å². The van der Waals surface area contributed by atoms with E-state index >= 15 is 0 Å². The molecule has 0 saturated carbocycles. The number of benzene rings is 1. The maximum Gasteiger partial charge on any atom is 0.410 e. The van der Waals surface area contributed by atoms with Crippen LogP contribution in [0.4, 0.5) is 4.79 Å². The van der Waals surface area contributed by atoms with Crippen LogP contribution in [0, 0.1) is 5.92 Å². The number of amides is 1. The van der Waals surface area contributed by atoms with Crippen molar-refractivity contribution in [2.75, 3.05) is 0 Å². The van der Waals surface area contributed by atoms with Crippen molar-refractivity contribution in [2.24, 2.45) is 5.92 Å². The molecule has 0 radical (unpaired) electrons. The topological polar surface area (TPSA) is 49.8 Å². The van der Waals surface area contributed by atoms with Crippen LogP contribution in [0.25, 0.3) is 0 Å². The van der Waals surface area contributed by atoms with Gasteiger partial charge in [0.05, 0.1) is 5.60 Å². The van der Waals surface area contributed by atoms with Crippen LogP contribution in [0.3, 0.4) is 0 Å². The lowest BCUT2D eigenvalue weighted by Crippen LogP contribution is -2.59. The molecule has 138 valence electrons. The van der Waals surface area contributed by atoms with Gasteiger partial charge < -0.3 is 14.7 Å². The van der Waals surface area contributed by atoms with E-state index in [1.165, 1.54) is 0 Å². The average Bonchev–Trinajstić information content (AvgIpc) is 2.58. The molecule has 2 saturated heterocycles. The number of piperidine rings is 2. The molecule has 1 N–H and O–H groups in total. The van der Waals surface area contributed by atoms with Gasteiger partial charge in [-0.15, -0.1) is 0 Å². The first-order valence-electron chi connectivity index (χ1n) is 9.68. The van der Waals surface area contributed by atoms with E-state index in [-0.39, 0.29) is 18.2 Å². The maximum absolute atomic E-state index is 12.7. The first-order chi connectivity index (χ1) is 12.0. The van der Waals surface area contributed by atoms with Gasteiger partial charge in [-0.05, 0) is 56.4 Å². The van der Waals surface area contributed by atoms with Crippen LogP contribution in [0.5, 0.6) is 0 Å². The molecule has 2 bridgehead atoms. The van der Waals surface area contributed by atoms with Gasteiger partial charge in [-0.1, -0.05) is 44.2 Å². The Bertz CT molecular complexity index is 558. The monoisotopic (exact) mass is 345 g/mol. The summed E-state index contributed by atoms with van der Waals surface area (Å²) in [6.45, 7) is 4.70. The van der Waals surface area contributed by atoms with Crippen LogP contribution in [-0.2, 0) is 11.3 Å². The highest BCUT2D eigenvalue weighted by Crippen LogP contribution is 2.42. The Morgan fingerprint density at radius 2 is 1.88 bits per heavy atom. The summed E-state index contributed by atoms with van der Waals surface area (Å²) in [5, 5.41) is 11.1. The fraction of sp³-hybridized carbons (Fsp3) is 0.667. The first-order valence-corrected chi connectivity index (χ1v) is 9.68. The highest BCUT2D eigenvalue weighted by atomic mass is 16.6. The van der Waals surface area contributed by atoms with Crippen molar-refractivity contribution in [1.82, 2.24) is 4.90 Å². The van der Waals surface area contributed by atoms with Crippen molar-refractivity contribution in [3.8, 4) is 0 Å². The third kappa shape index (κ3) is 4.55. The number of carbonyl (C=O) groups excluding carboxylic acids is 1. The minimum atomic E-state index is -0.615. The molecule has 0 spiro atoms. The van der Waals surface area contributed by atoms with Crippen LogP contribution in [-0.4, -0.2) is 33.8 Å². The Hall–Kier alpha value is -1.55. The second-order valence-electron chi connectivity index (χ2n) is 8.25. The molecular formula is C21H31NO3. The summed E-state index contributed by atoms with van der Waals surface area (Å²) < 4.78 is 5.58. The van der Waals surface area contributed by atoms with Crippen molar-refractivity contribution in [3.05, 3.63) is 35.9 Å². The molecule has 0 aliphatic carbocycles. The van der Waals surface area contributed by atoms with Gasteiger partial charge in [-0.3, -0.25) is 0 Å². The zero-order valence-electron chi connectivity index (χ0n) is 15.5. The number of ether oxygens (including phenoxy) is 1. The lowest BCUT2D eigenvalue weighted by Gasteiger charge is -2.51. The molecule has 2 unspecified atom stereocenters. The summed E-state index contributed by atoms with van der Waals surface area (Å²) in [6, 6.07) is 10.0. The van der Waals surface area contributed by atoms with E-state index < -0.39 is 5.60 Å². The van der Waals surface area contributed by atoms with Gasteiger partial charge in [0.2, 0.25) is 0 Å². The quantitative estimate of drug-likeness (QED) is 0.854. The molecule has 4 heteroatoms. The SMILES string of the molecule is CC(C)CCC1(O)CC2CCCC(C1)N2C(=O)OCc1ccccc1. The zero-order chi connectivity index (χ0) is 17.9. The van der Waals surface area contributed by atoms with Crippen molar-refractivity contribution < 1.29 is 14.6 Å². The largest absolute Gasteiger partial charge is 0.445 e. The molecule has 3 rings (SSSR count). The lowest BCUT2D eigenvalue weighted by atomic mass is 9.73. The van der Waals surface area contributed by atoms with Crippen molar-refractivity contribution in [3.63, 3.8) is 0 Å². The first kappa shape index (κ1) is 18.2. The third-order valence-corrected chi connectivity index (χ3v) is 5.70. The summed E-state index contributed by atoms with van der Waals surface area (Å²) in [7, 11) is 0. The number of carbonyl (C=O) groups is 1. The number of hydrogen-bond acceptors (Lipinski definition) is 3. The third-order valence-electron chi connectivity index (χ3n) is 5.70. The van der Waals surface area contributed by atoms with Crippen LogP contribution >= 0.6 is 0 Å². The number of aliphatic hydroxyl groups is 1. The molecule has 1 aromatic rings. The van der Waals surface area contributed by atoms with Crippen molar-refractivity contribution in [2.45, 2.75) is 83.1 Å². The van der Waals surface area contributed by atoms with E-state index in [1.54, 1.807) is 0 Å². The van der Waals surface area contributed by atoms with E-state index in [0.29, 0.717) is 25.4 Å². The summed E-state index contributed by atoms with van der Waals surface area (Å²) in [5.41, 5.74) is 0.391. The standard InChI is InChI=1S/C21H31NO3/c1-16(2)11-12-21(24)13-18-9-6-10-19(14-21)22(18)20(23)25-15-17-7-4-3-5-8-17/h3-5,7-8,16,18-19,24H,6,9-15H2,1-2H3. The van der Waals surface area contributed by atoms with E-state index in [9.17, 15) is 9.90 Å². The lowest BCUT2D eigenvalue weighted by molar-refractivity contribution is -0.0909. The molecule has 1 amide bonds. The second kappa shape index (κ2) is 7.77. The van der Waals surface area contributed by atoms with Gasteiger partial charge in [-0.2, -0.15) is 0 Å². The zero-order valence-corrected chi connectivity index (χ0v) is 15.5. The molecule has 4 nitrogen and oxygen atoms in total. The summed E-state index contributed by atoms with van der Waals surface area (Å²) in [4.78, 5) is 14.6. The molecule has 2 atom stereocenters. The Morgan fingerprint density at radius 1 is 1.24 bits per heavy atom. The highest BCUT2D eigenvalue weighted by molar-refractivity contribution is 5.69. The van der Waals surface area contributed by atoms with Crippen LogP contribution in [0.1, 0.15) is 64.4 Å². The van der Waals surface area contributed by atoms with Gasteiger partial charge in [0.1, 0.15) is 6.61 Å². The van der Waals surface area contributed by atoms with Gasteiger partial charge in [0.15, 0.2) is 0 Å². The summed E-state index contributed by atoms with van der Waals surface area (Å²) in [5.74, 6) is 0.595. The van der Waals surface area contributed by atoms with E-state index in [4.69, 9.17) is 4.74 Å². The van der Waals surface area contributed by atoms with Gasteiger partial charge >= 0.3 is 6.09 Å². The number of rotatable bonds is 5. The Balaban J connectivity index is 1.61. The molecule has 2 heterocycles. The van der Waals surface area contributed by atoms with E-state index in [1.807, 2.05) is 35.2 Å². The fourth-order valence-electron chi connectivity index (χ4n) is 4.38. The van der Waals surface area contributed by atoms with Crippen LogP contribution < -0.4 is 0 Å². The number of hydrogen-bond donors (Lipinski definition) is 1. The van der Waals surface area contributed by atoms with Crippen molar-refractivity contribution in [1.29, 1.82) is 0 Å². The van der Waals surface area contributed by atoms with Gasteiger partial charge in [-0.25, -0.2) is 4.79 Å². The minimum absolute atomic E-state index is 0.118. The predicted molar refractivity (Wildman–Crippen MR) is 98.1 cm³/mol. The molecule has 1 aromatic carbocycles. The van der Waals surface area contributed by atoms with E-state index in [2.05, 4.69) is 13.8 Å². The maximum atomic E-state index is 12.7. The number of fused-ring (bicyclic) bond motifs is 2. The van der Waals surface area contributed by atoms with Crippen LogP contribution in [0.2, 0.25) is 0 Å². The second-order valence-corrected chi connectivity index (χ2v) is 8.25. The minimum Gasteiger partial charge on any atom is -0.445 e. The molecule has 2 fully saturated rings. The molecule has 2 aliphatic heterocycles. The Kier molecular flexibility index (Phi) is 5.67. The summed E-state index contributed by atoms with van der Waals surface area (Å²) in [6.07, 6.45) is 6.12. The predicted octanol–water partition coefficient (Wildman–Crippen LogP) is 4.51.